The molecule has 86 valence electrons. The standard InChI is InChI=1S/2C4H9.C3H7.CH3O.Sn/c2*1-3-4-2;1-3-2;1-2;/h2*1,3-4H2,2H3;1,3H2,2H3;1H3;/q;;;-1;+1. The molecule has 0 aromatic rings. The van der Waals surface area contributed by atoms with Crippen LogP contribution in [0.5, 0.6) is 0 Å². The third kappa shape index (κ3) is 5.59. The summed E-state index contributed by atoms with van der Waals surface area (Å²) in [6, 6.07) is 0. The monoisotopic (exact) mass is 308 g/mol. The van der Waals surface area contributed by atoms with Crippen molar-refractivity contribution in [1.82, 2.24) is 0 Å². The van der Waals surface area contributed by atoms with E-state index < -0.39 is 18.8 Å². The van der Waals surface area contributed by atoms with Gasteiger partial charge in [-0.2, -0.15) is 0 Å². The topological polar surface area (TPSA) is 9.23 Å². The molecule has 0 spiro atoms. The first-order valence-electron chi connectivity index (χ1n) is 6.29. The molecule has 0 saturated carbocycles. The minimum atomic E-state index is -2.08. The van der Waals surface area contributed by atoms with Crippen molar-refractivity contribution in [3.05, 3.63) is 0 Å². The first-order chi connectivity index (χ1) is 6.74. The van der Waals surface area contributed by atoms with E-state index in [2.05, 4.69) is 20.8 Å². The zero-order chi connectivity index (χ0) is 10.9. The first kappa shape index (κ1) is 14.8. The van der Waals surface area contributed by atoms with Gasteiger partial charge in [-0.05, 0) is 0 Å². The van der Waals surface area contributed by atoms with Crippen LogP contribution in [0.25, 0.3) is 0 Å². The third-order valence-electron chi connectivity index (χ3n) is 3.11. The zero-order valence-corrected chi connectivity index (χ0v) is 13.4. The minimum absolute atomic E-state index is 1.33. The molecular weight excluding hydrogens is 279 g/mol. The normalized spacial score (nSPS) is 12.0. The van der Waals surface area contributed by atoms with Crippen LogP contribution in [0.3, 0.4) is 0 Å². The van der Waals surface area contributed by atoms with Gasteiger partial charge in [0, 0.05) is 0 Å². The van der Waals surface area contributed by atoms with Crippen molar-refractivity contribution in [3.63, 3.8) is 0 Å². The maximum atomic E-state index is 5.99. The summed E-state index contributed by atoms with van der Waals surface area (Å²) in [5, 5.41) is 0. The van der Waals surface area contributed by atoms with Crippen LogP contribution in [0.4, 0.5) is 0 Å². The number of hydrogen-bond acceptors (Lipinski definition) is 1. The van der Waals surface area contributed by atoms with Crippen molar-refractivity contribution in [2.24, 2.45) is 0 Å². The quantitative estimate of drug-likeness (QED) is 0.566. The van der Waals surface area contributed by atoms with E-state index in [9.17, 15) is 0 Å². The Bertz CT molecular complexity index is 117. The summed E-state index contributed by atoms with van der Waals surface area (Å²) in [6.07, 6.45) is 6.79. The van der Waals surface area contributed by atoms with Crippen LogP contribution in [0, 0.1) is 0 Å². The van der Waals surface area contributed by atoms with Crippen molar-refractivity contribution in [3.8, 4) is 0 Å². The molecule has 0 bridgehead atoms. The predicted octanol–water partition coefficient (Wildman–Crippen LogP) is 4.59. The molecule has 0 aromatic heterocycles. The molecular formula is C12H28OSn. The summed E-state index contributed by atoms with van der Waals surface area (Å²) >= 11 is -2.08. The van der Waals surface area contributed by atoms with Crippen LogP contribution < -0.4 is 0 Å². The number of unbranched alkanes of at least 4 members (excludes halogenated alkanes) is 2. The predicted molar refractivity (Wildman–Crippen MR) is 67.3 cm³/mol. The maximum absolute atomic E-state index is 5.99. The average molecular weight is 307 g/mol. The third-order valence-corrected chi connectivity index (χ3v) is 16.8. The van der Waals surface area contributed by atoms with Crippen LogP contribution in [-0.4, -0.2) is 25.9 Å². The summed E-state index contributed by atoms with van der Waals surface area (Å²) in [5.74, 6) is 0. The Hall–Kier alpha value is 0.759. The van der Waals surface area contributed by atoms with E-state index in [0.717, 1.165) is 0 Å². The van der Waals surface area contributed by atoms with Gasteiger partial charge >= 0.3 is 95.2 Å². The van der Waals surface area contributed by atoms with Gasteiger partial charge in [-0.15, -0.1) is 0 Å². The molecule has 0 saturated heterocycles. The van der Waals surface area contributed by atoms with E-state index in [1.807, 2.05) is 7.11 Å². The second-order valence-electron chi connectivity index (χ2n) is 4.34. The van der Waals surface area contributed by atoms with Gasteiger partial charge in [0.2, 0.25) is 0 Å². The van der Waals surface area contributed by atoms with Crippen LogP contribution in [0.2, 0.25) is 13.3 Å². The molecule has 1 nitrogen and oxygen atoms in total. The molecule has 0 atom stereocenters. The van der Waals surface area contributed by atoms with Crippen LogP contribution in [0.15, 0.2) is 0 Å². The second-order valence-corrected chi connectivity index (χ2v) is 16.5. The summed E-state index contributed by atoms with van der Waals surface area (Å²) in [6.45, 7) is 6.89. The molecule has 0 aromatic carbocycles. The van der Waals surface area contributed by atoms with Crippen molar-refractivity contribution < 1.29 is 3.07 Å². The molecule has 0 aliphatic carbocycles. The van der Waals surface area contributed by atoms with Crippen molar-refractivity contribution >= 4 is 18.8 Å². The second kappa shape index (κ2) is 9.02. The molecule has 0 heterocycles. The van der Waals surface area contributed by atoms with Gasteiger partial charge in [0.1, 0.15) is 0 Å². The van der Waals surface area contributed by atoms with Crippen molar-refractivity contribution in [1.29, 1.82) is 0 Å². The van der Waals surface area contributed by atoms with Gasteiger partial charge in [0.05, 0.1) is 0 Å². The fraction of sp³-hybridized carbons (Fsp3) is 1.00. The zero-order valence-electron chi connectivity index (χ0n) is 10.6. The molecule has 0 aliphatic heterocycles. The fourth-order valence-electron chi connectivity index (χ4n) is 2.13. The SMILES string of the molecule is CCC[CH2][Sn]([CH2]CC)([CH2]CCC)[O]C. The van der Waals surface area contributed by atoms with Crippen molar-refractivity contribution in [2.75, 3.05) is 7.11 Å². The first-order valence-corrected chi connectivity index (χ1v) is 13.5. The molecule has 0 aliphatic rings. The molecule has 0 amide bonds. The van der Waals surface area contributed by atoms with Crippen LogP contribution in [-0.2, 0) is 3.07 Å². The molecule has 0 N–H and O–H groups in total. The molecule has 0 radical (unpaired) electrons. The average Bonchev–Trinajstić information content (AvgIpc) is 2.22. The molecule has 0 rings (SSSR count). The van der Waals surface area contributed by atoms with E-state index in [4.69, 9.17) is 3.07 Å². The Labute approximate surface area is 95.0 Å². The molecule has 2 heteroatoms. The van der Waals surface area contributed by atoms with E-state index in [1.165, 1.54) is 45.4 Å². The van der Waals surface area contributed by atoms with E-state index >= 15 is 0 Å². The van der Waals surface area contributed by atoms with E-state index in [-0.39, 0.29) is 0 Å². The summed E-state index contributed by atoms with van der Waals surface area (Å²) < 4.78 is 10.3. The molecule has 0 unspecified atom stereocenters. The van der Waals surface area contributed by atoms with Gasteiger partial charge < -0.3 is 0 Å². The summed E-state index contributed by atoms with van der Waals surface area (Å²) in [4.78, 5) is 0. The summed E-state index contributed by atoms with van der Waals surface area (Å²) in [7, 11) is 1.98. The Morgan fingerprint density at radius 3 is 1.57 bits per heavy atom. The van der Waals surface area contributed by atoms with Gasteiger partial charge in [0.25, 0.3) is 0 Å². The Morgan fingerprint density at radius 1 is 0.786 bits per heavy atom. The molecule has 14 heavy (non-hydrogen) atoms. The van der Waals surface area contributed by atoms with Gasteiger partial charge in [-0.25, -0.2) is 0 Å². The van der Waals surface area contributed by atoms with Crippen molar-refractivity contribution in [2.45, 2.75) is 66.2 Å². The number of hydrogen-bond donors (Lipinski definition) is 0. The van der Waals surface area contributed by atoms with E-state index in [1.54, 1.807) is 0 Å². The summed E-state index contributed by atoms with van der Waals surface area (Å²) in [5.41, 5.74) is 0. The fourth-order valence-corrected chi connectivity index (χ4v) is 14.3. The van der Waals surface area contributed by atoms with E-state index in [0.29, 0.717) is 0 Å². The van der Waals surface area contributed by atoms with Gasteiger partial charge in [0.15, 0.2) is 0 Å². The van der Waals surface area contributed by atoms with Crippen LogP contribution >= 0.6 is 0 Å². The Balaban J connectivity index is 4.11. The van der Waals surface area contributed by atoms with Gasteiger partial charge in [-0.3, -0.25) is 0 Å². The Morgan fingerprint density at radius 2 is 1.29 bits per heavy atom. The number of rotatable bonds is 9. The van der Waals surface area contributed by atoms with Gasteiger partial charge in [-0.1, -0.05) is 0 Å². The Kier molecular flexibility index (Phi) is 9.51. The molecule has 0 fully saturated rings. The van der Waals surface area contributed by atoms with Crippen LogP contribution in [0.1, 0.15) is 52.9 Å².